The lowest BCUT2D eigenvalue weighted by molar-refractivity contribution is -0.137. The van der Waals surface area contributed by atoms with Gasteiger partial charge in [0.25, 0.3) is 0 Å². The molecule has 2 saturated carbocycles. The maximum Gasteiger partial charge on any atom is 0.407 e. The fraction of sp³-hybridized carbons (Fsp3) is 0.465. The van der Waals surface area contributed by atoms with E-state index in [0.29, 0.717) is 29.1 Å². The average Bonchev–Trinajstić information content (AvgIpc) is 3.85. The van der Waals surface area contributed by atoms with E-state index < -0.39 is 24.1 Å². The van der Waals surface area contributed by atoms with Crippen molar-refractivity contribution in [2.24, 2.45) is 23.7 Å². The van der Waals surface area contributed by atoms with Crippen LogP contribution in [-0.2, 0) is 19.1 Å². The van der Waals surface area contributed by atoms with Crippen LogP contribution in [0.2, 0.25) is 0 Å². The number of carbonyl (C=O) groups excluding carboxylic acids is 3. The monoisotopic (exact) mass is 778 g/mol. The van der Waals surface area contributed by atoms with Gasteiger partial charge < -0.3 is 39.9 Å². The van der Waals surface area contributed by atoms with E-state index in [1.807, 2.05) is 92.2 Å². The number of likely N-dealkylation sites (tertiary alicyclic amines) is 2. The number of nitrogens with one attached hydrogen (secondary N) is 4. The number of rotatable bonds is 13. The van der Waals surface area contributed by atoms with Crippen molar-refractivity contribution in [2.75, 3.05) is 14.2 Å². The molecule has 2 saturated heterocycles. The van der Waals surface area contributed by atoms with E-state index >= 15 is 4.39 Å². The van der Waals surface area contributed by atoms with Crippen LogP contribution in [0.5, 0.6) is 0 Å². The Bertz CT molecular complexity index is 2160. The molecule has 8 atom stereocenters. The largest absolute Gasteiger partial charge is 0.483 e. The molecule has 300 valence electrons. The zero-order valence-corrected chi connectivity index (χ0v) is 33.2. The highest BCUT2D eigenvalue weighted by Gasteiger charge is 2.57. The molecule has 57 heavy (non-hydrogen) atoms. The first kappa shape index (κ1) is 38.2. The number of imidazole rings is 2. The second kappa shape index (κ2) is 15.0. The quantitative estimate of drug-likeness (QED) is 0.109. The van der Waals surface area contributed by atoms with Crippen molar-refractivity contribution in [2.45, 2.75) is 89.6 Å². The molecule has 4 aromatic rings. The standard InChI is InChI=1S/C43H51FN8O5/c1-21(2)35(46-23(5)56-6)41(53)52-32-17-29(32)19-34(52)40-48-37(38(44)50-40)27-14-10-25(11-15-27)24-8-12-26(13-9-24)30-20-45-39(47-30)33-18-28-16-31(28)51(33)42(54)36(22(3)4)49-43(55)57-7/h8-15,20-22,28-29,31-36,46H,5,16-19H2,1-4,6-7H3,(H,45,47)(H,48,50)(H,49,55)/t28-,29?,31-,32-,33+,34+,35?,36+/m1/s1. The fourth-order valence-corrected chi connectivity index (χ4v) is 8.83. The van der Waals surface area contributed by atoms with Crippen LogP contribution in [0.15, 0.2) is 67.2 Å². The van der Waals surface area contributed by atoms with Crippen LogP contribution in [0.4, 0.5) is 9.18 Å². The summed E-state index contributed by atoms with van der Waals surface area (Å²) in [6, 6.07) is 14.2. The third kappa shape index (κ3) is 7.25. The van der Waals surface area contributed by atoms with Crippen LogP contribution in [0.3, 0.4) is 0 Å². The number of aromatic amines is 2. The average molecular weight is 779 g/mol. The van der Waals surface area contributed by atoms with Gasteiger partial charge in [-0.3, -0.25) is 9.59 Å². The molecular weight excluding hydrogens is 728 g/mol. The van der Waals surface area contributed by atoms with Gasteiger partial charge in [-0.25, -0.2) is 14.8 Å². The first-order chi connectivity index (χ1) is 27.4. The predicted octanol–water partition coefficient (Wildman–Crippen LogP) is 6.71. The molecule has 13 nitrogen and oxygen atoms in total. The first-order valence-electron chi connectivity index (χ1n) is 19.9. The maximum atomic E-state index is 15.5. The van der Waals surface area contributed by atoms with E-state index in [1.54, 1.807) is 0 Å². The Kier molecular flexibility index (Phi) is 10.1. The third-order valence-electron chi connectivity index (χ3n) is 12.2. The Morgan fingerprint density at radius 1 is 0.737 bits per heavy atom. The molecule has 2 aromatic carbocycles. The number of nitrogens with zero attached hydrogens (tertiary/aromatic N) is 4. The molecule has 2 aromatic heterocycles. The van der Waals surface area contributed by atoms with Crippen molar-refractivity contribution in [3.05, 3.63) is 84.8 Å². The number of alkyl carbamates (subject to hydrolysis) is 1. The van der Waals surface area contributed by atoms with Gasteiger partial charge in [-0.1, -0.05) is 76.2 Å². The van der Waals surface area contributed by atoms with Gasteiger partial charge in [-0.2, -0.15) is 4.39 Å². The number of hydrogen-bond donors (Lipinski definition) is 4. The third-order valence-corrected chi connectivity index (χ3v) is 12.2. The summed E-state index contributed by atoms with van der Waals surface area (Å²) < 4.78 is 25.5. The Morgan fingerprint density at radius 3 is 1.77 bits per heavy atom. The lowest BCUT2D eigenvalue weighted by Gasteiger charge is -2.32. The summed E-state index contributed by atoms with van der Waals surface area (Å²) in [7, 11) is 2.80. The van der Waals surface area contributed by atoms with Gasteiger partial charge >= 0.3 is 6.09 Å². The van der Waals surface area contributed by atoms with Crippen molar-refractivity contribution >= 4 is 17.9 Å². The molecule has 0 spiro atoms. The Balaban J connectivity index is 0.947. The number of H-pyrrole nitrogens is 2. The molecule has 4 aliphatic rings. The first-order valence-corrected chi connectivity index (χ1v) is 19.9. The summed E-state index contributed by atoms with van der Waals surface area (Å²) in [6.07, 6.45) is 4.72. The zero-order valence-electron chi connectivity index (χ0n) is 33.2. The van der Waals surface area contributed by atoms with Crippen molar-refractivity contribution in [3.8, 4) is 33.6 Å². The predicted molar refractivity (Wildman–Crippen MR) is 211 cm³/mol. The molecule has 0 bridgehead atoms. The highest BCUT2D eigenvalue weighted by molar-refractivity contribution is 5.87. The van der Waals surface area contributed by atoms with E-state index in [4.69, 9.17) is 19.4 Å². The summed E-state index contributed by atoms with van der Waals surface area (Å²) in [4.78, 5) is 59.3. The van der Waals surface area contributed by atoms with Gasteiger partial charge in [-0.15, -0.1) is 0 Å². The molecular formula is C43H51FN8O5. The van der Waals surface area contributed by atoms with E-state index in [0.717, 1.165) is 53.9 Å². The number of hydrogen-bond acceptors (Lipinski definition) is 8. The highest BCUT2D eigenvalue weighted by atomic mass is 19.1. The normalized spacial score (nSPS) is 24.2. The summed E-state index contributed by atoms with van der Waals surface area (Å²) >= 11 is 0. The van der Waals surface area contributed by atoms with Gasteiger partial charge in [0.2, 0.25) is 17.8 Å². The number of halogens is 1. The topological polar surface area (TPSA) is 158 Å². The van der Waals surface area contributed by atoms with Crippen LogP contribution >= 0.6 is 0 Å². The van der Waals surface area contributed by atoms with Crippen molar-refractivity contribution in [3.63, 3.8) is 0 Å². The van der Waals surface area contributed by atoms with E-state index in [-0.39, 0.29) is 53.5 Å². The lowest BCUT2D eigenvalue weighted by Crippen LogP contribution is -2.52. The van der Waals surface area contributed by atoms with Gasteiger partial charge in [0.05, 0.1) is 32.0 Å². The number of ether oxygens (including phenoxy) is 2. The highest BCUT2D eigenvalue weighted by Crippen LogP contribution is 2.54. The number of benzene rings is 2. The number of fused-ring (bicyclic) bond motifs is 2. The molecule has 8 rings (SSSR count). The van der Waals surface area contributed by atoms with Gasteiger partial charge in [0, 0.05) is 29.4 Å². The number of aromatic nitrogens is 4. The zero-order chi connectivity index (χ0) is 40.3. The van der Waals surface area contributed by atoms with E-state index in [2.05, 4.69) is 27.2 Å². The Hall–Kier alpha value is -5.66. The fourth-order valence-electron chi connectivity index (χ4n) is 8.83. The number of carbonyl (C=O) groups is 3. The summed E-state index contributed by atoms with van der Waals surface area (Å²) in [6.45, 7) is 11.6. The van der Waals surface area contributed by atoms with Gasteiger partial charge in [0.15, 0.2) is 5.88 Å². The molecule has 2 unspecified atom stereocenters. The summed E-state index contributed by atoms with van der Waals surface area (Å²) in [5.74, 6) is 1.50. The Labute approximate surface area is 331 Å². The molecule has 0 radical (unpaired) electrons. The SMILES string of the molecule is C=C(NC(C(=O)N1[C@@H]2CC2C[C@H]1c1nc(-c2ccc(-c3ccc(-c4c[nH]c([C@@H]5C[C@H]6C[C@H]6N5C(=O)[C@@H](NC(=O)OC)C(C)C)n4)cc3)cc2)c(F)[nH]1)C(C)C)OC. The van der Waals surface area contributed by atoms with E-state index in [9.17, 15) is 14.4 Å². The van der Waals surface area contributed by atoms with Crippen LogP contribution in [-0.4, -0.2) is 86.0 Å². The Morgan fingerprint density at radius 2 is 1.25 bits per heavy atom. The number of methoxy groups -OCH3 is 2. The van der Waals surface area contributed by atoms with Crippen LogP contribution in [0.25, 0.3) is 33.6 Å². The second-order valence-corrected chi connectivity index (χ2v) is 16.6. The minimum absolute atomic E-state index is 0.0143. The molecule has 2 aliphatic heterocycles. The minimum Gasteiger partial charge on any atom is -0.483 e. The summed E-state index contributed by atoms with van der Waals surface area (Å²) in [5.41, 5.74) is 4.50. The van der Waals surface area contributed by atoms with Crippen LogP contribution in [0.1, 0.15) is 77.1 Å². The van der Waals surface area contributed by atoms with Crippen molar-refractivity contribution in [1.29, 1.82) is 0 Å². The molecule has 2 aliphatic carbocycles. The molecule has 3 amide bonds. The van der Waals surface area contributed by atoms with Gasteiger partial charge in [0.1, 0.15) is 29.4 Å². The molecule has 4 fully saturated rings. The smallest absolute Gasteiger partial charge is 0.407 e. The second-order valence-electron chi connectivity index (χ2n) is 16.6. The number of piperidine rings is 2. The molecule has 4 heterocycles. The van der Waals surface area contributed by atoms with E-state index in [1.165, 1.54) is 14.2 Å². The molecule has 14 heteroatoms. The summed E-state index contributed by atoms with van der Waals surface area (Å²) in [5, 5.41) is 5.84. The lowest BCUT2D eigenvalue weighted by atomic mass is 10.0. The maximum absolute atomic E-state index is 15.5. The minimum atomic E-state index is -0.689. The van der Waals surface area contributed by atoms with Crippen molar-refractivity contribution < 1.29 is 28.2 Å². The number of amides is 3. The molecule has 4 N–H and O–H groups in total. The van der Waals surface area contributed by atoms with Crippen LogP contribution < -0.4 is 10.6 Å². The van der Waals surface area contributed by atoms with Gasteiger partial charge in [-0.05, 0) is 67.1 Å². The van der Waals surface area contributed by atoms with Crippen LogP contribution in [0, 0.1) is 29.6 Å². The van der Waals surface area contributed by atoms with Crippen molar-refractivity contribution in [1.82, 2.24) is 40.4 Å².